The lowest BCUT2D eigenvalue weighted by molar-refractivity contribution is 0.0954. The molecule has 3 aromatic rings. The van der Waals surface area contributed by atoms with Gasteiger partial charge in [-0.2, -0.15) is 14.7 Å². The molecule has 0 fully saturated rings. The molecule has 0 spiro atoms. The number of nitroso groups, excluding NO2 is 1. The van der Waals surface area contributed by atoms with Crippen molar-refractivity contribution >= 4 is 17.5 Å². The molecule has 0 aliphatic heterocycles. The van der Waals surface area contributed by atoms with E-state index < -0.39 is 22.7 Å². The molecule has 3 rings (SSSR count). The Morgan fingerprint density at radius 1 is 1.18 bits per heavy atom. The first-order chi connectivity index (χ1) is 15.6. The maximum atomic E-state index is 12.9. The van der Waals surface area contributed by atoms with E-state index >= 15 is 0 Å². The number of carbonyl (C=O) groups is 1. The zero-order valence-electron chi connectivity index (χ0n) is 18.5. The van der Waals surface area contributed by atoms with Crippen LogP contribution in [0.4, 0.5) is 0 Å². The standard InChI is InChI=1S/C23H24ClN5O4/c1-15-6-4-5-7-16(15)10-11-25-21(31)18-12-17(8-9-19(18)24)29-22(32)28(20(30)13-26-29)14-23(2,3)27-33/h4-9,12-13H,10-11,14H2,1-3H3,(H,25,31). The molecule has 1 N–H and O–H groups in total. The second-order valence-electron chi connectivity index (χ2n) is 8.26. The molecular weight excluding hydrogens is 446 g/mol. The van der Waals surface area contributed by atoms with Gasteiger partial charge in [0.25, 0.3) is 11.5 Å². The second kappa shape index (κ2) is 9.91. The Hall–Kier alpha value is -3.59. The molecule has 10 heteroatoms. The highest BCUT2D eigenvalue weighted by molar-refractivity contribution is 6.33. The number of aromatic nitrogens is 3. The van der Waals surface area contributed by atoms with E-state index in [1.165, 1.54) is 32.0 Å². The van der Waals surface area contributed by atoms with Gasteiger partial charge in [-0.25, -0.2) is 4.79 Å². The van der Waals surface area contributed by atoms with Crippen molar-refractivity contribution in [2.75, 3.05) is 6.54 Å². The number of hydrogen-bond donors (Lipinski definition) is 1. The normalized spacial score (nSPS) is 11.3. The van der Waals surface area contributed by atoms with Crippen LogP contribution in [0.3, 0.4) is 0 Å². The first-order valence-electron chi connectivity index (χ1n) is 10.3. The van der Waals surface area contributed by atoms with Crippen LogP contribution in [0.25, 0.3) is 5.69 Å². The number of carbonyl (C=O) groups excluding carboxylic acids is 1. The molecule has 0 aliphatic rings. The maximum absolute atomic E-state index is 12.9. The van der Waals surface area contributed by atoms with Crippen LogP contribution in [0.5, 0.6) is 0 Å². The minimum atomic E-state index is -1.16. The van der Waals surface area contributed by atoms with Crippen LogP contribution in [0, 0.1) is 11.8 Å². The van der Waals surface area contributed by atoms with Crippen LogP contribution in [0.15, 0.2) is 63.4 Å². The van der Waals surface area contributed by atoms with Gasteiger partial charge < -0.3 is 5.32 Å². The van der Waals surface area contributed by atoms with Crippen molar-refractivity contribution in [1.29, 1.82) is 0 Å². The summed E-state index contributed by atoms with van der Waals surface area (Å²) >= 11 is 6.23. The van der Waals surface area contributed by atoms with Crippen LogP contribution in [-0.2, 0) is 13.0 Å². The van der Waals surface area contributed by atoms with Crippen LogP contribution < -0.4 is 16.6 Å². The number of hydrogen-bond acceptors (Lipinski definition) is 6. The van der Waals surface area contributed by atoms with Gasteiger partial charge in [-0.1, -0.05) is 41.0 Å². The Bertz CT molecular complexity index is 1310. The van der Waals surface area contributed by atoms with Crippen molar-refractivity contribution in [2.24, 2.45) is 5.18 Å². The summed E-state index contributed by atoms with van der Waals surface area (Å²) in [5, 5.41) is 9.89. The van der Waals surface area contributed by atoms with E-state index in [1.807, 2.05) is 31.2 Å². The minimum absolute atomic E-state index is 0.167. The Morgan fingerprint density at radius 2 is 1.91 bits per heavy atom. The topological polar surface area (TPSA) is 115 Å². The van der Waals surface area contributed by atoms with Crippen LogP contribution >= 0.6 is 11.6 Å². The fourth-order valence-corrected chi connectivity index (χ4v) is 3.49. The van der Waals surface area contributed by atoms with Crippen LogP contribution in [-0.4, -0.2) is 32.3 Å². The van der Waals surface area contributed by atoms with E-state index in [0.29, 0.717) is 13.0 Å². The monoisotopic (exact) mass is 469 g/mol. The molecule has 1 aromatic heterocycles. The molecule has 0 bridgehead atoms. The van der Waals surface area contributed by atoms with Gasteiger partial charge in [0, 0.05) is 6.54 Å². The highest BCUT2D eigenvalue weighted by Crippen LogP contribution is 2.19. The first-order valence-corrected chi connectivity index (χ1v) is 10.7. The second-order valence-corrected chi connectivity index (χ2v) is 8.67. The van der Waals surface area contributed by atoms with E-state index in [-0.39, 0.29) is 22.8 Å². The summed E-state index contributed by atoms with van der Waals surface area (Å²) in [6.07, 6.45) is 1.63. The van der Waals surface area contributed by atoms with Crippen LogP contribution in [0.2, 0.25) is 5.02 Å². The summed E-state index contributed by atoms with van der Waals surface area (Å²) in [5.74, 6) is -0.400. The van der Waals surface area contributed by atoms with Crippen molar-refractivity contribution < 1.29 is 4.79 Å². The average Bonchev–Trinajstić information content (AvgIpc) is 2.78. The number of nitrogens with one attached hydrogen (secondary N) is 1. The van der Waals surface area contributed by atoms with Crippen LogP contribution in [0.1, 0.15) is 35.3 Å². The Kier molecular flexibility index (Phi) is 7.23. The summed E-state index contributed by atoms with van der Waals surface area (Å²) in [5.41, 5.74) is 0.108. The summed E-state index contributed by atoms with van der Waals surface area (Å²) in [7, 11) is 0. The number of benzene rings is 2. The highest BCUT2D eigenvalue weighted by Gasteiger charge is 2.22. The molecular formula is C23H24ClN5O4. The lowest BCUT2D eigenvalue weighted by atomic mass is 10.1. The van der Waals surface area contributed by atoms with E-state index in [0.717, 1.165) is 26.6 Å². The molecule has 2 aromatic carbocycles. The third-order valence-electron chi connectivity index (χ3n) is 5.13. The fraction of sp³-hybridized carbons (Fsp3) is 0.304. The van der Waals surface area contributed by atoms with Crippen molar-refractivity contribution in [3.63, 3.8) is 0 Å². The first kappa shape index (κ1) is 24.1. The SMILES string of the molecule is Cc1ccccc1CCNC(=O)c1cc(-n2ncc(=O)n(CC(C)(C)N=O)c2=O)ccc1Cl. The number of rotatable bonds is 8. The molecule has 0 atom stereocenters. The number of nitrogens with zero attached hydrogens (tertiary/aromatic N) is 4. The average molecular weight is 470 g/mol. The largest absolute Gasteiger partial charge is 0.352 e. The van der Waals surface area contributed by atoms with E-state index in [9.17, 15) is 19.3 Å². The Morgan fingerprint density at radius 3 is 2.61 bits per heavy atom. The lowest BCUT2D eigenvalue weighted by Crippen LogP contribution is -2.44. The Labute approximate surface area is 195 Å². The van der Waals surface area contributed by atoms with E-state index in [1.54, 1.807) is 0 Å². The van der Waals surface area contributed by atoms with Gasteiger partial charge in [0.1, 0.15) is 11.7 Å². The predicted octanol–water partition coefficient (Wildman–Crippen LogP) is 2.87. The molecule has 0 aliphatic carbocycles. The third-order valence-corrected chi connectivity index (χ3v) is 5.46. The van der Waals surface area contributed by atoms with Gasteiger partial charge in [0.05, 0.1) is 22.8 Å². The summed E-state index contributed by atoms with van der Waals surface area (Å²) < 4.78 is 1.85. The van der Waals surface area contributed by atoms with Gasteiger partial charge in [0.15, 0.2) is 0 Å². The summed E-state index contributed by atoms with van der Waals surface area (Å²) in [6.45, 7) is 5.22. The maximum Gasteiger partial charge on any atom is 0.352 e. The van der Waals surface area contributed by atoms with Gasteiger partial charge in [-0.05, 0) is 56.5 Å². The molecule has 1 amide bonds. The zero-order valence-corrected chi connectivity index (χ0v) is 19.3. The molecule has 1 heterocycles. The molecule has 0 unspecified atom stereocenters. The zero-order chi connectivity index (χ0) is 24.2. The smallest absolute Gasteiger partial charge is 0.352 e. The molecule has 172 valence electrons. The lowest BCUT2D eigenvalue weighted by Gasteiger charge is -2.17. The minimum Gasteiger partial charge on any atom is -0.352 e. The molecule has 0 saturated carbocycles. The molecule has 9 nitrogen and oxygen atoms in total. The summed E-state index contributed by atoms with van der Waals surface area (Å²) in [4.78, 5) is 48.8. The van der Waals surface area contributed by atoms with Gasteiger partial charge in [0.2, 0.25) is 0 Å². The van der Waals surface area contributed by atoms with Crippen molar-refractivity contribution in [3.05, 3.63) is 96.1 Å². The number of aryl methyl sites for hydroxylation is 1. The highest BCUT2D eigenvalue weighted by atomic mass is 35.5. The van der Waals surface area contributed by atoms with Crippen molar-refractivity contribution in [2.45, 2.75) is 39.3 Å². The van der Waals surface area contributed by atoms with Gasteiger partial charge in [-0.15, -0.1) is 0 Å². The predicted molar refractivity (Wildman–Crippen MR) is 126 cm³/mol. The van der Waals surface area contributed by atoms with E-state index in [2.05, 4.69) is 15.6 Å². The summed E-state index contributed by atoms with van der Waals surface area (Å²) in [6, 6.07) is 12.3. The molecule has 33 heavy (non-hydrogen) atoms. The van der Waals surface area contributed by atoms with E-state index in [4.69, 9.17) is 11.6 Å². The third kappa shape index (κ3) is 5.61. The molecule has 0 saturated heterocycles. The number of amides is 1. The van der Waals surface area contributed by atoms with Crippen molar-refractivity contribution in [3.8, 4) is 5.69 Å². The number of halogens is 1. The van der Waals surface area contributed by atoms with Crippen molar-refractivity contribution in [1.82, 2.24) is 19.7 Å². The fourth-order valence-electron chi connectivity index (χ4n) is 3.29. The Balaban J connectivity index is 1.86. The van der Waals surface area contributed by atoms with Gasteiger partial charge in [-0.3, -0.25) is 14.2 Å². The molecule has 0 radical (unpaired) electrons. The quantitative estimate of drug-likeness (QED) is 0.509. The van der Waals surface area contributed by atoms with Gasteiger partial charge >= 0.3 is 5.69 Å².